The van der Waals surface area contributed by atoms with Crippen LogP contribution in [0, 0.1) is 5.92 Å². The van der Waals surface area contributed by atoms with Crippen LogP contribution in [0.2, 0.25) is 0 Å². The van der Waals surface area contributed by atoms with Gasteiger partial charge in [-0.05, 0) is 25.7 Å². The van der Waals surface area contributed by atoms with Gasteiger partial charge in [0.15, 0.2) is 0 Å². The molecular formula is C11H22INO. The van der Waals surface area contributed by atoms with Crippen LogP contribution in [0.3, 0.4) is 0 Å². The minimum Gasteiger partial charge on any atom is -1.00 e. The van der Waals surface area contributed by atoms with Crippen LogP contribution in [0.4, 0.5) is 0 Å². The zero-order valence-electron chi connectivity index (χ0n) is 9.25. The van der Waals surface area contributed by atoms with Crippen LogP contribution in [0.1, 0.15) is 32.1 Å². The lowest BCUT2D eigenvalue weighted by Crippen LogP contribution is -3.00. The first-order chi connectivity index (χ1) is 6.09. The van der Waals surface area contributed by atoms with Crippen LogP contribution in [-0.2, 0) is 0 Å². The molecule has 3 atom stereocenters. The molecule has 2 nitrogen and oxygen atoms in total. The Hall–Kier alpha value is 0.650. The summed E-state index contributed by atoms with van der Waals surface area (Å²) in [6.45, 7) is 1.30. The lowest BCUT2D eigenvalue weighted by Gasteiger charge is -2.49. The summed E-state index contributed by atoms with van der Waals surface area (Å²) in [6, 6.07) is 0.734. The number of nitrogens with zero attached hydrogens (tertiary/aromatic N) is 1. The van der Waals surface area contributed by atoms with Gasteiger partial charge in [0.05, 0.1) is 32.8 Å². The van der Waals surface area contributed by atoms with Gasteiger partial charge in [-0.2, -0.15) is 0 Å². The molecular weight excluding hydrogens is 289 g/mol. The number of quaternary nitrogens is 1. The number of aliphatic hydroxyl groups excluding tert-OH is 1. The van der Waals surface area contributed by atoms with Gasteiger partial charge in [-0.15, -0.1) is 0 Å². The molecule has 3 heteroatoms. The van der Waals surface area contributed by atoms with Crippen molar-refractivity contribution in [1.29, 1.82) is 0 Å². The molecule has 84 valence electrons. The summed E-state index contributed by atoms with van der Waals surface area (Å²) < 4.78 is 1.14. The van der Waals surface area contributed by atoms with E-state index in [2.05, 4.69) is 14.1 Å². The van der Waals surface area contributed by atoms with E-state index in [0.717, 1.165) is 29.3 Å². The highest BCUT2D eigenvalue weighted by atomic mass is 127. The molecule has 2 rings (SSSR count). The molecule has 0 spiro atoms. The molecule has 0 amide bonds. The van der Waals surface area contributed by atoms with Crippen LogP contribution in [-0.4, -0.2) is 42.4 Å². The largest absolute Gasteiger partial charge is 1.00 e. The predicted octanol–water partition coefficient (Wildman–Crippen LogP) is -1.61. The van der Waals surface area contributed by atoms with Gasteiger partial charge in [-0.3, -0.25) is 0 Å². The van der Waals surface area contributed by atoms with E-state index in [1.165, 1.54) is 25.8 Å². The first-order valence-electron chi connectivity index (χ1n) is 5.60. The van der Waals surface area contributed by atoms with Crippen LogP contribution < -0.4 is 24.0 Å². The number of hydrogen-bond acceptors (Lipinski definition) is 1. The topological polar surface area (TPSA) is 20.2 Å². The Morgan fingerprint density at radius 1 is 1.14 bits per heavy atom. The first kappa shape index (κ1) is 12.7. The number of halogens is 1. The zero-order valence-corrected chi connectivity index (χ0v) is 11.4. The molecule has 1 saturated heterocycles. The Morgan fingerprint density at radius 3 is 2.57 bits per heavy atom. The van der Waals surface area contributed by atoms with E-state index in [9.17, 15) is 5.11 Å². The van der Waals surface area contributed by atoms with Crippen LogP contribution in [0.15, 0.2) is 0 Å². The molecule has 0 bridgehead atoms. The van der Waals surface area contributed by atoms with E-state index in [-0.39, 0.29) is 30.1 Å². The molecule has 1 saturated carbocycles. The Kier molecular flexibility index (Phi) is 4.23. The van der Waals surface area contributed by atoms with Gasteiger partial charge in [0, 0.05) is 12.3 Å². The average molecular weight is 311 g/mol. The Bertz CT molecular complexity index is 196. The predicted molar refractivity (Wildman–Crippen MR) is 53.3 cm³/mol. The third-order valence-electron chi connectivity index (χ3n) is 4.14. The van der Waals surface area contributed by atoms with E-state index in [4.69, 9.17) is 0 Å². The van der Waals surface area contributed by atoms with Crippen LogP contribution >= 0.6 is 0 Å². The molecule has 1 heterocycles. The van der Waals surface area contributed by atoms with Gasteiger partial charge < -0.3 is 33.6 Å². The Morgan fingerprint density at radius 2 is 1.86 bits per heavy atom. The van der Waals surface area contributed by atoms with Gasteiger partial charge in [0.1, 0.15) is 0 Å². The quantitative estimate of drug-likeness (QED) is 0.422. The van der Waals surface area contributed by atoms with Crippen molar-refractivity contribution in [3.63, 3.8) is 0 Å². The summed E-state index contributed by atoms with van der Waals surface area (Å²) in [7, 11) is 4.66. The highest BCUT2D eigenvalue weighted by Gasteiger charge is 2.42. The second kappa shape index (κ2) is 4.66. The van der Waals surface area contributed by atoms with Gasteiger partial charge in [-0.25, -0.2) is 0 Å². The van der Waals surface area contributed by atoms with Crippen molar-refractivity contribution in [2.24, 2.45) is 5.92 Å². The molecule has 1 aliphatic heterocycles. The maximum Gasteiger partial charge on any atom is 0.0939 e. The van der Waals surface area contributed by atoms with Crippen molar-refractivity contribution in [1.82, 2.24) is 0 Å². The van der Waals surface area contributed by atoms with Crippen molar-refractivity contribution in [3.8, 4) is 0 Å². The first-order valence-corrected chi connectivity index (χ1v) is 5.60. The second-order valence-electron chi connectivity index (χ2n) is 5.44. The molecule has 0 unspecified atom stereocenters. The van der Waals surface area contributed by atoms with E-state index in [0.29, 0.717) is 0 Å². The fraction of sp³-hybridized carbons (Fsp3) is 1.00. The summed E-state index contributed by atoms with van der Waals surface area (Å²) >= 11 is 0. The summed E-state index contributed by atoms with van der Waals surface area (Å²) in [5.74, 6) is 0.896. The smallest absolute Gasteiger partial charge is 0.0939 e. The number of fused-ring (bicyclic) bond motifs is 1. The minimum absolute atomic E-state index is 0. The van der Waals surface area contributed by atoms with Crippen LogP contribution in [0.25, 0.3) is 0 Å². The van der Waals surface area contributed by atoms with Gasteiger partial charge in [-0.1, -0.05) is 0 Å². The Balaban J connectivity index is 0.000000980. The average Bonchev–Trinajstić information content (AvgIpc) is 2.06. The number of rotatable bonds is 0. The van der Waals surface area contributed by atoms with E-state index in [1.807, 2.05) is 0 Å². The lowest BCUT2D eigenvalue weighted by atomic mass is 9.76. The summed E-state index contributed by atoms with van der Waals surface area (Å²) in [5.41, 5.74) is 0. The molecule has 1 aliphatic carbocycles. The van der Waals surface area contributed by atoms with Gasteiger partial charge >= 0.3 is 0 Å². The number of hydrogen-bond donors (Lipinski definition) is 1. The minimum atomic E-state index is -0.0169. The molecule has 0 radical (unpaired) electrons. The normalized spacial score (nSPS) is 40.9. The molecule has 0 aromatic rings. The fourth-order valence-electron chi connectivity index (χ4n) is 3.31. The Labute approximate surface area is 104 Å². The number of piperidine rings is 1. The summed E-state index contributed by atoms with van der Waals surface area (Å²) in [6.07, 6.45) is 6.10. The summed E-state index contributed by atoms with van der Waals surface area (Å²) in [4.78, 5) is 0. The maximum atomic E-state index is 9.67. The van der Waals surface area contributed by atoms with E-state index in [1.54, 1.807) is 0 Å². The monoisotopic (exact) mass is 311 g/mol. The SMILES string of the molecule is C[N+]1(C)CCC[C@H]2CC[C@@H](O)C[C@H]21.[I-]. The molecule has 2 fully saturated rings. The maximum absolute atomic E-state index is 9.67. The van der Waals surface area contributed by atoms with Gasteiger partial charge in [0.25, 0.3) is 0 Å². The summed E-state index contributed by atoms with van der Waals surface area (Å²) in [5, 5.41) is 9.67. The van der Waals surface area contributed by atoms with Crippen molar-refractivity contribution < 1.29 is 33.6 Å². The van der Waals surface area contributed by atoms with E-state index < -0.39 is 0 Å². The molecule has 2 aliphatic rings. The number of aliphatic hydroxyl groups is 1. The molecule has 1 N–H and O–H groups in total. The lowest BCUT2D eigenvalue weighted by molar-refractivity contribution is -0.925. The van der Waals surface area contributed by atoms with Crippen LogP contribution in [0.5, 0.6) is 0 Å². The second-order valence-corrected chi connectivity index (χ2v) is 5.44. The standard InChI is InChI=1S/C11H22NO.HI/c1-12(2)7-3-4-9-5-6-10(13)8-11(9)12;/h9-11,13H,3-8H2,1-2H3;1H/q+1;/p-1/t9-,10+,11+;/m0./s1. The molecule has 14 heavy (non-hydrogen) atoms. The molecule has 0 aromatic carbocycles. The van der Waals surface area contributed by atoms with Gasteiger partial charge in [0.2, 0.25) is 0 Å². The molecule has 0 aromatic heterocycles. The zero-order chi connectivity index (χ0) is 9.47. The van der Waals surface area contributed by atoms with E-state index >= 15 is 0 Å². The van der Waals surface area contributed by atoms with Crippen molar-refractivity contribution in [2.45, 2.75) is 44.2 Å². The number of likely N-dealkylation sites (tertiary alicyclic amines) is 1. The third kappa shape index (κ3) is 2.42. The third-order valence-corrected chi connectivity index (χ3v) is 4.14. The highest BCUT2D eigenvalue weighted by Crippen LogP contribution is 2.37. The fourth-order valence-corrected chi connectivity index (χ4v) is 3.31. The van der Waals surface area contributed by atoms with Crippen molar-refractivity contribution in [3.05, 3.63) is 0 Å². The van der Waals surface area contributed by atoms with Crippen molar-refractivity contribution >= 4 is 0 Å². The highest BCUT2D eigenvalue weighted by molar-refractivity contribution is 4.83. The van der Waals surface area contributed by atoms with Crippen molar-refractivity contribution in [2.75, 3.05) is 20.6 Å².